The molecule has 16 heteroatoms. The molecule has 3 rings (SSSR count). The fourth-order valence-electron chi connectivity index (χ4n) is 5.02. The number of azide groups is 1. The molecule has 3 aromatic rings. The Labute approximate surface area is 275 Å². The summed E-state index contributed by atoms with van der Waals surface area (Å²) in [5, 5.41) is 23.6. The second-order valence-corrected chi connectivity index (χ2v) is 11.1. The molecule has 0 aliphatic rings. The van der Waals surface area contributed by atoms with Crippen LogP contribution in [0.15, 0.2) is 65.9 Å². The number of aliphatic carboxylic acids is 1. The molecule has 0 bridgehead atoms. The summed E-state index contributed by atoms with van der Waals surface area (Å²) in [6.07, 6.45) is 2.17. The van der Waals surface area contributed by atoms with Crippen LogP contribution >= 0.6 is 0 Å². The maximum absolute atomic E-state index is 13.6. The smallest absolute Gasteiger partial charge is 0.305 e. The molecule has 0 spiro atoms. The summed E-state index contributed by atoms with van der Waals surface area (Å²) in [7, 11) is 0. The van der Waals surface area contributed by atoms with E-state index in [1.165, 1.54) is 0 Å². The van der Waals surface area contributed by atoms with Gasteiger partial charge in [0.2, 0.25) is 29.5 Å². The fourth-order valence-corrected chi connectivity index (χ4v) is 5.02. The molecular formula is C32H39N9O7. The lowest BCUT2D eigenvalue weighted by molar-refractivity contribution is -0.141. The number of H-pyrrole nitrogens is 1. The van der Waals surface area contributed by atoms with Crippen LogP contribution in [0, 0.1) is 0 Å². The molecule has 0 saturated heterocycles. The first kappa shape index (κ1) is 36.6. The van der Waals surface area contributed by atoms with Crippen molar-refractivity contribution >= 4 is 46.4 Å². The van der Waals surface area contributed by atoms with E-state index in [9.17, 15) is 33.9 Å². The average Bonchev–Trinajstić information content (AvgIpc) is 3.47. The Kier molecular flexibility index (Phi) is 13.9. The van der Waals surface area contributed by atoms with Gasteiger partial charge in [-0.3, -0.25) is 28.8 Å². The molecule has 0 aliphatic heterocycles. The highest BCUT2D eigenvalue weighted by Gasteiger charge is 2.32. The summed E-state index contributed by atoms with van der Waals surface area (Å²) in [5.41, 5.74) is 16.3. The van der Waals surface area contributed by atoms with E-state index in [0.717, 1.165) is 10.9 Å². The van der Waals surface area contributed by atoms with Crippen molar-refractivity contribution in [1.29, 1.82) is 0 Å². The summed E-state index contributed by atoms with van der Waals surface area (Å²) in [5.74, 6) is -5.51. The first-order chi connectivity index (χ1) is 23.0. The zero-order valence-electron chi connectivity index (χ0n) is 26.3. The highest BCUT2D eigenvalue weighted by Crippen LogP contribution is 2.19. The van der Waals surface area contributed by atoms with Crippen LogP contribution in [0.5, 0.6) is 0 Å². The van der Waals surface area contributed by atoms with Crippen molar-refractivity contribution in [1.82, 2.24) is 26.3 Å². The molecule has 4 atom stereocenters. The van der Waals surface area contributed by atoms with E-state index in [1.54, 1.807) is 36.5 Å². The number of nitrogens with zero attached hydrogens (tertiary/aromatic N) is 3. The molecule has 5 amide bonds. The number of carboxylic acids is 1. The van der Waals surface area contributed by atoms with Gasteiger partial charge in [-0.25, -0.2) is 0 Å². The standard InChI is InChI=1S/C32H39N9O7/c1-2-3-12-23(30(46)40-26(16-28(43)44)32(48)39-24(29(33)45)14-19-9-5-4-6-10-19)38-31(47)25(37-27(42)18-36-41-34)15-20-17-35-22-13-8-7-11-21(20)22/h4-11,13,17,23-26,35H,2-3,12,14-16,18H2,1H3,(H2,33,45)(H,37,42)(H,38,47)(H,39,48)(H,40,46)(H,43,44)/t23-,24-,25-,26-/m0/s1. The number of hydrogen-bond acceptors (Lipinski definition) is 7. The quantitative estimate of drug-likeness (QED) is 0.0563. The van der Waals surface area contributed by atoms with Crippen LogP contribution in [-0.4, -0.2) is 76.3 Å². The number of carbonyl (C=O) groups excluding carboxylic acids is 5. The number of carboxylic acid groups (broad SMARTS) is 1. The minimum Gasteiger partial charge on any atom is -0.481 e. The van der Waals surface area contributed by atoms with E-state index in [1.807, 2.05) is 31.2 Å². The summed E-state index contributed by atoms with van der Waals surface area (Å²) >= 11 is 0. The predicted octanol–water partition coefficient (Wildman–Crippen LogP) is 1.35. The van der Waals surface area contributed by atoms with Gasteiger partial charge < -0.3 is 37.1 Å². The van der Waals surface area contributed by atoms with Gasteiger partial charge in [-0.1, -0.05) is 73.4 Å². The monoisotopic (exact) mass is 661 g/mol. The molecule has 2 aromatic carbocycles. The number of rotatable bonds is 19. The Morgan fingerprint density at radius 2 is 1.48 bits per heavy atom. The van der Waals surface area contributed by atoms with Crippen molar-refractivity contribution < 1.29 is 33.9 Å². The number of nitrogens with two attached hydrogens (primary N) is 1. The molecule has 254 valence electrons. The van der Waals surface area contributed by atoms with Crippen LogP contribution < -0.4 is 27.0 Å². The number of nitrogens with one attached hydrogen (secondary N) is 5. The number of para-hydroxylation sites is 1. The minimum atomic E-state index is -1.61. The van der Waals surface area contributed by atoms with Crippen LogP contribution in [-0.2, 0) is 41.6 Å². The van der Waals surface area contributed by atoms with Gasteiger partial charge >= 0.3 is 5.97 Å². The van der Waals surface area contributed by atoms with Gasteiger partial charge in [0.05, 0.1) is 6.42 Å². The number of fused-ring (bicyclic) bond motifs is 1. The highest BCUT2D eigenvalue weighted by molar-refractivity contribution is 5.97. The van der Waals surface area contributed by atoms with E-state index < -0.39 is 72.6 Å². The number of carbonyl (C=O) groups is 6. The van der Waals surface area contributed by atoms with E-state index in [-0.39, 0.29) is 19.3 Å². The molecule has 0 unspecified atom stereocenters. The lowest BCUT2D eigenvalue weighted by Crippen LogP contribution is -2.59. The van der Waals surface area contributed by atoms with Crippen LogP contribution in [0.25, 0.3) is 21.3 Å². The topological polar surface area (TPSA) is 261 Å². The van der Waals surface area contributed by atoms with Crippen LogP contribution in [0.2, 0.25) is 0 Å². The lowest BCUT2D eigenvalue weighted by atomic mass is 10.0. The Balaban J connectivity index is 1.80. The van der Waals surface area contributed by atoms with Crippen molar-refractivity contribution in [2.24, 2.45) is 10.8 Å². The third-order valence-electron chi connectivity index (χ3n) is 7.46. The summed E-state index contributed by atoms with van der Waals surface area (Å²) in [6.45, 7) is 1.31. The molecule has 1 heterocycles. The van der Waals surface area contributed by atoms with E-state index >= 15 is 0 Å². The normalized spacial score (nSPS) is 13.2. The van der Waals surface area contributed by atoms with Gasteiger partial charge in [-0.15, -0.1) is 0 Å². The van der Waals surface area contributed by atoms with Gasteiger partial charge in [-0.05, 0) is 29.1 Å². The van der Waals surface area contributed by atoms with Crippen LogP contribution in [0.1, 0.15) is 43.7 Å². The Morgan fingerprint density at radius 1 is 0.854 bits per heavy atom. The zero-order chi connectivity index (χ0) is 35.1. The van der Waals surface area contributed by atoms with Gasteiger partial charge in [-0.2, -0.15) is 0 Å². The van der Waals surface area contributed by atoms with Gasteiger partial charge in [0.1, 0.15) is 30.7 Å². The molecule has 48 heavy (non-hydrogen) atoms. The van der Waals surface area contributed by atoms with Crippen molar-refractivity contribution in [3.63, 3.8) is 0 Å². The third-order valence-corrected chi connectivity index (χ3v) is 7.46. The van der Waals surface area contributed by atoms with Crippen molar-refractivity contribution in [3.8, 4) is 0 Å². The number of primary amides is 1. The third kappa shape index (κ3) is 11.2. The molecule has 8 N–H and O–H groups in total. The molecule has 16 nitrogen and oxygen atoms in total. The van der Waals surface area contributed by atoms with E-state index in [2.05, 4.69) is 36.3 Å². The average molecular weight is 662 g/mol. The second-order valence-electron chi connectivity index (χ2n) is 11.1. The molecule has 0 radical (unpaired) electrons. The summed E-state index contributed by atoms with van der Waals surface area (Å²) < 4.78 is 0. The van der Waals surface area contributed by atoms with Gasteiger partial charge in [0, 0.05) is 34.9 Å². The summed E-state index contributed by atoms with van der Waals surface area (Å²) in [4.78, 5) is 82.4. The number of amides is 5. The maximum atomic E-state index is 13.6. The van der Waals surface area contributed by atoms with Crippen molar-refractivity contribution in [2.45, 2.75) is 69.6 Å². The minimum absolute atomic E-state index is 0.0138. The first-order valence-electron chi connectivity index (χ1n) is 15.3. The molecular weight excluding hydrogens is 622 g/mol. The van der Waals surface area contributed by atoms with Crippen LogP contribution in [0.4, 0.5) is 0 Å². The SMILES string of the molecule is CCCC[C@H](NC(=O)[C@H](Cc1c[nH]c2ccccc12)NC(=O)CN=[N+]=[N-])C(=O)N[C@@H](CC(=O)O)C(=O)N[C@@H](Cc1ccccc1)C(N)=O. The summed E-state index contributed by atoms with van der Waals surface area (Å²) in [6, 6.07) is 10.8. The molecule has 1 aromatic heterocycles. The number of aromatic nitrogens is 1. The lowest BCUT2D eigenvalue weighted by Gasteiger charge is -2.26. The number of benzene rings is 2. The largest absolute Gasteiger partial charge is 0.481 e. The van der Waals surface area contributed by atoms with Crippen molar-refractivity contribution in [3.05, 3.63) is 82.4 Å². The van der Waals surface area contributed by atoms with E-state index in [4.69, 9.17) is 11.3 Å². The Morgan fingerprint density at radius 3 is 2.15 bits per heavy atom. The Hall–Kier alpha value is -5.89. The number of aromatic amines is 1. The number of hydrogen-bond donors (Lipinski definition) is 7. The molecule has 0 saturated carbocycles. The zero-order valence-corrected chi connectivity index (χ0v) is 26.3. The van der Waals surface area contributed by atoms with Gasteiger partial charge in [0.15, 0.2) is 0 Å². The fraction of sp³-hybridized carbons (Fsp3) is 0.375. The van der Waals surface area contributed by atoms with E-state index in [0.29, 0.717) is 24.0 Å². The predicted molar refractivity (Wildman–Crippen MR) is 175 cm³/mol. The maximum Gasteiger partial charge on any atom is 0.305 e. The van der Waals surface area contributed by atoms with Gasteiger partial charge in [0.25, 0.3) is 0 Å². The second kappa shape index (κ2) is 18.3. The molecule has 0 fully saturated rings. The number of unbranched alkanes of at least 4 members (excludes halogenated alkanes) is 1. The first-order valence-corrected chi connectivity index (χ1v) is 15.3. The Bertz CT molecular complexity index is 1650. The van der Waals surface area contributed by atoms with Crippen molar-refractivity contribution in [2.75, 3.05) is 6.54 Å². The highest BCUT2D eigenvalue weighted by atomic mass is 16.4. The molecule has 0 aliphatic carbocycles. The van der Waals surface area contributed by atoms with Crippen LogP contribution in [0.3, 0.4) is 0 Å².